The summed E-state index contributed by atoms with van der Waals surface area (Å²) < 4.78 is 16.3. The fourth-order valence-corrected chi connectivity index (χ4v) is 5.40. The zero-order chi connectivity index (χ0) is 32.6. The molecule has 260 valence electrons. The number of hydrogen-bond donors (Lipinski definition) is 1. The van der Waals surface area contributed by atoms with Crippen LogP contribution in [0.3, 0.4) is 0 Å². The molecule has 45 heavy (non-hydrogen) atoms. The summed E-state index contributed by atoms with van der Waals surface area (Å²) >= 11 is 0. The Morgan fingerprint density at radius 3 is 1.80 bits per heavy atom. The Labute approximate surface area is 276 Å². The van der Waals surface area contributed by atoms with Crippen molar-refractivity contribution in [1.29, 1.82) is 0 Å². The monoisotopic (exact) mass is 633 g/mol. The number of allylic oxidation sites excluding steroid dienone is 5. The molecule has 0 aromatic heterocycles. The first kappa shape index (κ1) is 41.1. The summed E-state index contributed by atoms with van der Waals surface area (Å²) in [6.07, 6.45) is 39.3. The fraction of sp³-hybridized carbons (Fsp3) is 0.795. The van der Waals surface area contributed by atoms with Gasteiger partial charge in [0.15, 0.2) is 6.10 Å². The summed E-state index contributed by atoms with van der Waals surface area (Å²) in [6, 6.07) is 0. The lowest BCUT2D eigenvalue weighted by Crippen LogP contribution is -2.28. The maximum absolute atomic E-state index is 12.2. The van der Waals surface area contributed by atoms with Crippen LogP contribution in [-0.2, 0) is 23.8 Å². The third kappa shape index (κ3) is 27.0. The quantitative estimate of drug-likeness (QED) is 0.0344. The number of ether oxygens (including phenoxy) is 3. The molecule has 0 amide bonds. The standard InChI is InChI=1S/C39H68O6/c1-3-5-7-9-11-13-15-17-19-21-23-25-27-31-38(41)43-34-35(33-40)44-39(42)32-28-30-37-36(45-37)29-26-24-22-20-18-16-14-12-10-8-6-4-2/h12,14,18,20,24,26,35-37,40H,3-11,13,15-17,19,21-23,25,27-34H2,1-2H3/b14-12-,20-18-,26-24-/t35-,36?,37?/m0/s1. The van der Waals surface area contributed by atoms with E-state index in [1.807, 2.05) is 0 Å². The van der Waals surface area contributed by atoms with E-state index in [0.29, 0.717) is 12.8 Å². The van der Waals surface area contributed by atoms with Crippen LogP contribution in [0.5, 0.6) is 0 Å². The smallest absolute Gasteiger partial charge is 0.306 e. The molecule has 0 spiro atoms. The highest BCUT2D eigenvalue weighted by Crippen LogP contribution is 2.30. The topological polar surface area (TPSA) is 85.4 Å². The lowest BCUT2D eigenvalue weighted by Gasteiger charge is -2.15. The normalized spacial score (nSPS) is 17.0. The van der Waals surface area contributed by atoms with Crippen molar-refractivity contribution in [3.63, 3.8) is 0 Å². The van der Waals surface area contributed by atoms with E-state index < -0.39 is 6.10 Å². The lowest BCUT2D eigenvalue weighted by atomic mass is 10.0. The predicted octanol–water partition coefficient (Wildman–Crippen LogP) is 10.3. The molecule has 0 radical (unpaired) electrons. The maximum atomic E-state index is 12.2. The van der Waals surface area contributed by atoms with Crippen molar-refractivity contribution in [2.45, 2.75) is 186 Å². The van der Waals surface area contributed by atoms with Gasteiger partial charge in [0.25, 0.3) is 0 Å². The molecule has 1 N–H and O–H groups in total. The molecule has 0 aliphatic carbocycles. The minimum Gasteiger partial charge on any atom is -0.462 e. The van der Waals surface area contributed by atoms with Crippen molar-refractivity contribution in [2.24, 2.45) is 0 Å². The number of unbranched alkanes of at least 4 members (excludes halogenated alkanes) is 15. The van der Waals surface area contributed by atoms with E-state index in [2.05, 4.69) is 50.3 Å². The highest BCUT2D eigenvalue weighted by molar-refractivity contribution is 5.70. The maximum Gasteiger partial charge on any atom is 0.306 e. The van der Waals surface area contributed by atoms with Gasteiger partial charge in [-0.1, -0.05) is 140 Å². The first-order chi connectivity index (χ1) is 22.1. The number of carbonyl (C=O) groups is 2. The minimum atomic E-state index is -0.806. The summed E-state index contributed by atoms with van der Waals surface area (Å²) in [5.41, 5.74) is 0. The van der Waals surface area contributed by atoms with E-state index in [1.165, 1.54) is 89.9 Å². The predicted molar refractivity (Wildman–Crippen MR) is 186 cm³/mol. The van der Waals surface area contributed by atoms with Crippen molar-refractivity contribution >= 4 is 11.9 Å². The third-order valence-corrected chi connectivity index (χ3v) is 8.36. The van der Waals surface area contributed by atoms with E-state index in [-0.39, 0.29) is 43.8 Å². The fourth-order valence-electron chi connectivity index (χ4n) is 5.40. The zero-order valence-electron chi connectivity index (χ0n) is 29.1. The van der Waals surface area contributed by atoms with Gasteiger partial charge in [0.2, 0.25) is 0 Å². The van der Waals surface area contributed by atoms with Crippen molar-refractivity contribution in [3.05, 3.63) is 36.5 Å². The number of epoxide rings is 1. The number of rotatable bonds is 32. The molecule has 1 rings (SSSR count). The summed E-state index contributed by atoms with van der Waals surface area (Å²) in [6.45, 7) is 4.04. The molecule has 1 aliphatic heterocycles. The van der Waals surface area contributed by atoms with Crippen molar-refractivity contribution in [3.8, 4) is 0 Å². The van der Waals surface area contributed by atoms with Crippen LogP contribution in [-0.4, -0.2) is 48.6 Å². The molecule has 0 saturated carbocycles. The van der Waals surface area contributed by atoms with Crippen LogP contribution < -0.4 is 0 Å². The van der Waals surface area contributed by atoms with Gasteiger partial charge in [-0.15, -0.1) is 0 Å². The zero-order valence-corrected chi connectivity index (χ0v) is 29.1. The Bertz CT molecular complexity index is 788. The van der Waals surface area contributed by atoms with Gasteiger partial charge in [-0.3, -0.25) is 9.59 Å². The Kier molecular flexibility index (Phi) is 28.1. The second kappa shape index (κ2) is 30.7. The molecule has 0 aromatic carbocycles. The third-order valence-electron chi connectivity index (χ3n) is 8.36. The van der Waals surface area contributed by atoms with Gasteiger partial charge in [-0.25, -0.2) is 0 Å². The minimum absolute atomic E-state index is 0.0927. The van der Waals surface area contributed by atoms with E-state index in [0.717, 1.165) is 44.9 Å². The average molecular weight is 633 g/mol. The van der Waals surface area contributed by atoms with Crippen LogP contribution >= 0.6 is 0 Å². The van der Waals surface area contributed by atoms with Crippen molar-refractivity contribution < 1.29 is 28.9 Å². The van der Waals surface area contributed by atoms with Crippen LogP contribution in [0.1, 0.15) is 168 Å². The molecule has 3 atom stereocenters. The van der Waals surface area contributed by atoms with Gasteiger partial charge in [0, 0.05) is 12.8 Å². The molecule has 1 aliphatic rings. The molecule has 1 saturated heterocycles. The Balaban J connectivity index is 1.96. The van der Waals surface area contributed by atoms with Gasteiger partial charge in [0.05, 0.1) is 18.8 Å². The number of aliphatic hydroxyl groups excluding tert-OH is 1. The summed E-state index contributed by atoms with van der Waals surface area (Å²) in [5.74, 6) is -0.666. The van der Waals surface area contributed by atoms with Gasteiger partial charge in [0.1, 0.15) is 6.61 Å². The second-order valence-electron chi connectivity index (χ2n) is 12.7. The van der Waals surface area contributed by atoms with Gasteiger partial charge >= 0.3 is 11.9 Å². The number of esters is 2. The molecule has 0 bridgehead atoms. The molecular formula is C39H68O6. The first-order valence-corrected chi connectivity index (χ1v) is 18.7. The average Bonchev–Trinajstić information content (AvgIpc) is 3.79. The summed E-state index contributed by atoms with van der Waals surface area (Å²) in [5, 5.41) is 9.55. The molecule has 6 heteroatoms. The number of carbonyl (C=O) groups excluding carboxylic acids is 2. The number of hydrogen-bond acceptors (Lipinski definition) is 6. The summed E-state index contributed by atoms with van der Waals surface area (Å²) in [4.78, 5) is 24.3. The molecule has 0 aromatic rings. The molecular weight excluding hydrogens is 564 g/mol. The van der Waals surface area contributed by atoms with Gasteiger partial charge in [-0.2, -0.15) is 0 Å². The van der Waals surface area contributed by atoms with E-state index in [4.69, 9.17) is 14.2 Å². The highest BCUT2D eigenvalue weighted by atomic mass is 16.6. The van der Waals surface area contributed by atoms with E-state index in [1.54, 1.807) is 0 Å². The molecule has 1 fully saturated rings. The van der Waals surface area contributed by atoms with Crippen LogP contribution in [0.2, 0.25) is 0 Å². The summed E-state index contributed by atoms with van der Waals surface area (Å²) in [7, 11) is 0. The molecule has 6 nitrogen and oxygen atoms in total. The Morgan fingerprint density at radius 2 is 1.18 bits per heavy atom. The van der Waals surface area contributed by atoms with E-state index in [9.17, 15) is 14.7 Å². The molecule has 1 heterocycles. The number of aliphatic hydroxyl groups is 1. The second-order valence-corrected chi connectivity index (χ2v) is 12.7. The van der Waals surface area contributed by atoms with Crippen LogP contribution in [0.25, 0.3) is 0 Å². The van der Waals surface area contributed by atoms with E-state index >= 15 is 0 Å². The van der Waals surface area contributed by atoms with Crippen LogP contribution in [0.4, 0.5) is 0 Å². The largest absolute Gasteiger partial charge is 0.462 e. The van der Waals surface area contributed by atoms with Crippen molar-refractivity contribution in [2.75, 3.05) is 13.2 Å². The Hall–Kier alpha value is -1.92. The highest BCUT2D eigenvalue weighted by Gasteiger charge is 2.36. The van der Waals surface area contributed by atoms with Gasteiger partial charge in [-0.05, 0) is 51.4 Å². The lowest BCUT2D eigenvalue weighted by molar-refractivity contribution is -0.161. The molecule has 2 unspecified atom stereocenters. The van der Waals surface area contributed by atoms with Gasteiger partial charge < -0.3 is 19.3 Å². The Morgan fingerprint density at radius 1 is 0.644 bits per heavy atom. The first-order valence-electron chi connectivity index (χ1n) is 18.7. The van der Waals surface area contributed by atoms with Crippen LogP contribution in [0.15, 0.2) is 36.5 Å². The SMILES string of the molecule is CCCCC/C=C\C/C=C\C/C=C\CC1OC1CCCC(=O)O[C@@H](CO)COC(=O)CCCCCCCCCCCCCCC. The van der Waals surface area contributed by atoms with Crippen molar-refractivity contribution in [1.82, 2.24) is 0 Å². The van der Waals surface area contributed by atoms with Crippen LogP contribution in [0, 0.1) is 0 Å².